The Morgan fingerprint density at radius 2 is 1.96 bits per heavy atom. The fourth-order valence-corrected chi connectivity index (χ4v) is 4.93. The Morgan fingerprint density at radius 1 is 1.29 bits per heavy atom. The molecule has 1 N–H and O–H groups in total. The molecule has 12 heteroatoms. The van der Waals surface area contributed by atoms with Crippen LogP contribution in [0.4, 0.5) is 8.78 Å². The van der Waals surface area contributed by atoms with Crippen molar-refractivity contribution < 1.29 is 27.1 Å². The van der Waals surface area contributed by atoms with Crippen molar-refractivity contribution >= 4 is 18.8 Å². The lowest BCUT2D eigenvalue weighted by Gasteiger charge is -2.29. The van der Waals surface area contributed by atoms with Crippen LogP contribution in [0.15, 0.2) is 17.4 Å². The molecule has 9 nitrogen and oxygen atoms in total. The molecule has 1 aliphatic rings. The lowest BCUT2D eigenvalue weighted by atomic mass is 9.93. The number of nitrogens with one attached hydrogen (secondary N) is 1. The summed E-state index contributed by atoms with van der Waals surface area (Å²) in [6.45, 7) is 3.36. The number of fused-ring (bicyclic) bond motifs is 1. The molecule has 1 fully saturated rings. The minimum absolute atomic E-state index is 0.110. The van der Waals surface area contributed by atoms with Gasteiger partial charge in [-0.05, 0) is 19.8 Å². The number of H-pyrrole nitrogens is 1. The molecule has 1 aliphatic heterocycles. The van der Waals surface area contributed by atoms with Crippen LogP contribution in [0.3, 0.4) is 0 Å². The van der Waals surface area contributed by atoms with Crippen molar-refractivity contribution in [1.29, 1.82) is 0 Å². The molecule has 0 aliphatic carbocycles. The molecule has 0 amide bonds. The molecule has 0 spiro atoms. The number of alkyl halides is 2. The van der Waals surface area contributed by atoms with Gasteiger partial charge < -0.3 is 23.3 Å². The number of halogens is 2. The lowest BCUT2D eigenvalue weighted by Crippen LogP contribution is -2.29. The summed E-state index contributed by atoms with van der Waals surface area (Å²) in [6, 6.07) is 0. The van der Waals surface area contributed by atoms with Crippen molar-refractivity contribution in [3.8, 4) is 0 Å². The van der Waals surface area contributed by atoms with Crippen LogP contribution in [0, 0.1) is 11.8 Å². The Balaban J connectivity index is 1.78. The van der Waals surface area contributed by atoms with Crippen molar-refractivity contribution in [3.05, 3.63) is 23.0 Å². The fraction of sp³-hybridized carbons (Fsp3) is 0.688. The highest BCUT2D eigenvalue weighted by atomic mass is 31.2. The topological polar surface area (TPSA) is 108 Å². The Hall–Kier alpha value is -1.68. The zero-order valence-electron chi connectivity index (χ0n) is 15.6. The SMILES string of the molecule is CCOP(=O)(OCC)C(F)(F)C[C@H]1COC[C@@H]1Cn1cnc2c(=O)[nH]cnc21. The van der Waals surface area contributed by atoms with Gasteiger partial charge in [0.05, 0.1) is 39.1 Å². The minimum atomic E-state index is -4.58. The van der Waals surface area contributed by atoms with Gasteiger partial charge in [0, 0.05) is 18.9 Å². The highest BCUT2D eigenvalue weighted by Crippen LogP contribution is 2.64. The molecular formula is C16H23F2N4O5P. The van der Waals surface area contributed by atoms with Crippen molar-refractivity contribution in [2.24, 2.45) is 11.8 Å². The lowest BCUT2D eigenvalue weighted by molar-refractivity contribution is 0.0118. The monoisotopic (exact) mass is 420 g/mol. The van der Waals surface area contributed by atoms with Crippen LogP contribution in [-0.2, 0) is 24.9 Å². The van der Waals surface area contributed by atoms with E-state index in [0.717, 1.165) is 0 Å². The van der Waals surface area contributed by atoms with Crippen LogP contribution in [0.5, 0.6) is 0 Å². The zero-order chi connectivity index (χ0) is 20.4. The molecule has 2 aromatic heterocycles. The van der Waals surface area contributed by atoms with Gasteiger partial charge in [-0.2, -0.15) is 8.78 Å². The van der Waals surface area contributed by atoms with E-state index in [9.17, 15) is 18.1 Å². The highest BCUT2D eigenvalue weighted by molar-refractivity contribution is 7.55. The molecule has 3 rings (SSSR count). The highest BCUT2D eigenvalue weighted by Gasteiger charge is 2.55. The fourth-order valence-electron chi connectivity index (χ4n) is 3.34. The summed E-state index contributed by atoms with van der Waals surface area (Å²) in [5.74, 6) is -0.857. The van der Waals surface area contributed by atoms with Crippen LogP contribution < -0.4 is 5.56 Å². The molecule has 3 heterocycles. The van der Waals surface area contributed by atoms with Gasteiger partial charge in [0.15, 0.2) is 11.2 Å². The first kappa shape index (κ1) is 21.0. The molecule has 28 heavy (non-hydrogen) atoms. The number of aromatic nitrogens is 4. The number of ether oxygens (including phenoxy) is 1. The van der Waals surface area contributed by atoms with Gasteiger partial charge in [0.1, 0.15) is 0 Å². The van der Waals surface area contributed by atoms with E-state index in [2.05, 4.69) is 15.0 Å². The van der Waals surface area contributed by atoms with Gasteiger partial charge in [-0.25, -0.2) is 9.97 Å². The largest absolute Gasteiger partial charge is 0.399 e. The number of hydrogen-bond donors (Lipinski definition) is 1. The molecule has 0 radical (unpaired) electrons. The Morgan fingerprint density at radius 3 is 2.64 bits per heavy atom. The average molecular weight is 420 g/mol. The summed E-state index contributed by atoms with van der Waals surface area (Å²) in [4.78, 5) is 22.3. The van der Waals surface area contributed by atoms with E-state index < -0.39 is 25.6 Å². The molecule has 0 saturated carbocycles. The van der Waals surface area contributed by atoms with Crippen molar-refractivity contribution in [1.82, 2.24) is 19.5 Å². The normalized spacial score (nSPS) is 20.9. The molecule has 156 valence electrons. The first-order valence-corrected chi connectivity index (χ1v) is 10.6. The molecular weight excluding hydrogens is 397 g/mol. The van der Waals surface area contributed by atoms with Gasteiger partial charge in [0.2, 0.25) is 0 Å². The predicted octanol–water partition coefficient (Wildman–Crippen LogP) is 2.63. The molecule has 0 aromatic carbocycles. The third kappa shape index (κ3) is 4.03. The Labute approximate surface area is 159 Å². The summed E-state index contributed by atoms with van der Waals surface area (Å²) in [5, 5.41) is 0. The number of imidazole rings is 1. The number of rotatable bonds is 9. The molecule has 1 saturated heterocycles. The van der Waals surface area contributed by atoms with Crippen molar-refractivity contribution in [2.75, 3.05) is 26.4 Å². The van der Waals surface area contributed by atoms with E-state index in [-0.39, 0.29) is 43.4 Å². The van der Waals surface area contributed by atoms with Crippen LogP contribution >= 0.6 is 7.60 Å². The maximum absolute atomic E-state index is 14.8. The first-order valence-electron chi connectivity index (χ1n) is 9.04. The standard InChI is InChI=1S/C16H23F2N4O5P/c1-3-26-28(24,27-4-2)16(17,18)5-11-7-25-8-12(11)6-22-10-21-13-14(22)19-9-20-15(13)23/h9-12H,3-8H2,1-2H3,(H,19,20,23)/t11-,12-/m0/s1. The van der Waals surface area contributed by atoms with Gasteiger partial charge >= 0.3 is 13.3 Å². The predicted molar refractivity (Wildman–Crippen MR) is 96.4 cm³/mol. The molecule has 2 aromatic rings. The summed E-state index contributed by atoms with van der Waals surface area (Å²) in [5.41, 5.74) is -3.46. The van der Waals surface area contributed by atoms with E-state index in [1.165, 1.54) is 26.5 Å². The van der Waals surface area contributed by atoms with Crippen molar-refractivity contribution in [3.63, 3.8) is 0 Å². The van der Waals surface area contributed by atoms with Gasteiger partial charge in [-0.15, -0.1) is 0 Å². The second-order valence-electron chi connectivity index (χ2n) is 6.56. The molecule has 2 atom stereocenters. The minimum Gasteiger partial charge on any atom is -0.381 e. The van der Waals surface area contributed by atoms with E-state index in [1.54, 1.807) is 4.57 Å². The third-order valence-corrected chi connectivity index (χ3v) is 6.86. The van der Waals surface area contributed by atoms with E-state index in [4.69, 9.17) is 13.8 Å². The maximum atomic E-state index is 14.8. The van der Waals surface area contributed by atoms with Crippen molar-refractivity contribution in [2.45, 2.75) is 32.5 Å². The molecule has 0 unspecified atom stereocenters. The van der Waals surface area contributed by atoms with Crippen LogP contribution in [0.25, 0.3) is 11.2 Å². The maximum Gasteiger partial charge on any atom is 0.399 e. The summed E-state index contributed by atoms with van der Waals surface area (Å²) in [7, 11) is -4.58. The number of hydrogen-bond acceptors (Lipinski definition) is 7. The third-order valence-electron chi connectivity index (χ3n) is 4.68. The second kappa shape index (κ2) is 8.36. The van der Waals surface area contributed by atoms with Gasteiger partial charge in [0.25, 0.3) is 5.56 Å². The summed E-state index contributed by atoms with van der Waals surface area (Å²) in [6.07, 6.45) is 2.03. The van der Waals surface area contributed by atoms with Gasteiger partial charge in [-0.3, -0.25) is 9.36 Å². The zero-order valence-corrected chi connectivity index (χ0v) is 16.5. The van der Waals surface area contributed by atoms with Crippen LogP contribution in [0.2, 0.25) is 0 Å². The van der Waals surface area contributed by atoms with E-state index >= 15 is 0 Å². The summed E-state index contributed by atoms with van der Waals surface area (Å²) >= 11 is 0. The van der Waals surface area contributed by atoms with E-state index in [0.29, 0.717) is 12.2 Å². The second-order valence-corrected chi connectivity index (χ2v) is 8.73. The Bertz CT molecular complexity index is 908. The average Bonchev–Trinajstić information content (AvgIpc) is 3.24. The number of aromatic amines is 1. The Kier molecular flexibility index (Phi) is 6.28. The molecule has 0 bridgehead atoms. The summed E-state index contributed by atoms with van der Waals surface area (Å²) < 4.78 is 58.9. The first-order chi connectivity index (χ1) is 13.3. The quantitative estimate of drug-likeness (QED) is 0.621. The van der Waals surface area contributed by atoms with Crippen LogP contribution in [0.1, 0.15) is 20.3 Å². The number of nitrogens with zero attached hydrogens (tertiary/aromatic N) is 3. The van der Waals surface area contributed by atoms with Crippen LogP contribution in [-0.4, -0.2) is 51.6 Å². The van der Waals surface area contributed by atoms with E-state index in [1.807, 2.05) is 0 Å². The van der Waals surface area contributed by atoms with Gasteiger partial charge in [-0.1, -0.05) is 0 Å². The smallest absolute Gasteiger partial charge is 0.381 e.